The van der Waals surface area contributed by atoms with E-state index in [1.54, 1.807) is 18.2 Å². The minimum absolute atomic E-state index is 0.314. The van der Waals surface area contributed by atoms with E-state index in [2.05, 4.69) is 12.2 Å². The fraction of sp³-hybridized carbons (Fsp3) is 0.250. The van der Waals surface area contributed by atoms with Gasteiger partial charge < -0.3 is 11.1 Å². The molecule has 0 spiro atoms. The SMILES string of the molecule is CCC1CCc2c(sc(NC(=O)c3c(C)c(-c4ccc(Cl)cc4Cl)nc4ccccc34)c2C(N)=O)C1. The summed E-state index contributed by atoms with van der Waals surface area (Å²) in [6, 6.07) is 12.7. The summed E-state index contributed by atoms with van der Waals surface area (Å²) in [5.41, 5.74) is 10.3. The van der Waals surface area contributed by atoms with Gasteiger partial charge in [0.15, 0.2) is 0 Å². The molecule has 0 fully saturated rings. The first-order valence-corrected chi connectivity index (χ1v) is 13.5. The fourth-order valence-corrected chi connectivity index (χ4v) is 6.92. The lowest BCUT2D eigenvalue weighted by molar-refractivity contribution is 0.1000. The summed E-state index contributed by atoms with van der Waals surface area (Å²) in [6.45, 7) is 4.04. The smallest absolute Gasteiger partial charge is 0.257 e. The first-order valence-electron chi connectivity index (χ1n) is 11.9. The van der Waals surface area contributed by atoms with Crippen molar-refractivity contribution in [2.45, 2.75) is 39.5 Å². The lowest BCUT2D eigenvalue weighted by Crippen LogP contribution is -2.20. The molecule has 1 aliphatic rings. The van der Waals surface area contributed by atoms with Crippen molar-refractivity contribution < 1.29 is 9.59 Å². The van der Waals surface area contributed by atoms with Gasteiger partial charge in [0, 0.05) is 20.8 Å². The van der Waals surface area contributed by atoms with E-state index in [1.807, 2.05) is 31.2 Å². The molecule has 5 nitrogen and oxygen atoms in total. The van der Waals surface area contributed by atoms with Crippen molar-refractivity contribution in [1.29, 1.82) is 0 Å². The van der Waals surface area contributed by atoms with E-state index < -0.39 is 5.91 Å². The van der Waals surface area contributed by atoms with Crippen molar-refractivity contribution in [3.8, 4) is 11.3 Å². The first-order chi connectivity index (χ1) is 17.3. The number of benzene rings is 2. The molecular weight excluding hydrogens is 513 g/mol. The molecule has 5 rings (SSSR count). The van der Waals surface area contributed by atoms with Crippen molar-refractivity contribution in [2.24, 2.45) is 11.7 Å². The number of amides is 2. The van der Waals surface area contributed by atoms with Crippen LogP contribution in [0, 0.1) is 12.8 Å². The van der Waals surface area contributed by atoms with E-state index in [9.17, 15) is 9.59 Å². The van der Waals surface area contributed by atoms with E-state index in [-0.39, 0.29) is 5.91 Å². The highest BCUT2D eigenvalue weighted by molar-refractivity contribution is 7.17. The molecule has 36 heavy (non-hydrogen) atoms. The normalized spacial score (nSPS) is 15.1. The number of rotatable bonds is 5. The van der Waals surface area contributed by atoms with E-state index >= 15 is 0 Å². The average Bonchev–Trinajstić information content (AvgIpc) is 3.20. The molecule has 1 aliphatic carbocycles. The Kier molecular flexibility index (Phi) is 6.77. The first kappa shape index (κ1) is 24.8. The zero-order chi connectivity index (χ0) is 25.6. The number of nitrogens with two attached hydrogens (primary N) is 1. The third kappa shape index (κ3) is 4.38. The van der Waals surface area contributed by atoms with Gasteiger partial charge in [0.05, 0.1) is 27.4 Å². The van der Waals surface area contributed by atoms with E-state index in [4.69, 9.17) is 33.9 Å². The summed E-state index contributed by atoms with van der Waals surface area (Å²) in [7, 11) is 0. The molecule has 0 saturated heterocycles. The van der Waals surface area contributed by atoms with Gasteiger partial charge in [0.1, 0.15) is 5.00 Å². The predicted octanol–water partition coefficient (Wildman–Crippen LogP) is 7.44. The van der Waals surface area contributed by atoms with Crippen molar-refractivity contribution in [3.05, 3.63) is 79.6 Å². The fourth-order valence-electron chi connectivity index (χ4n) is 5.06. The van der Waals surface area contributed by atoms with Gasteiger partial charge in [-0.25, -0.2) is 4.98 Å². The number of para-hydroxylation sites is 1. The molecule has 2 heterocycles. The molecule has 184 valence electrons. The Morgan fingerprint density at radius 2 is 1.94 bits per heavy atom. The summed E-state index contributed by atoms with van der Waals surface area (Å²) in [5.74, 6) is -0.244. The van der Waals surface area contributed by atoms with Crippen LogP contribution in [0.15, 0.2) is 42.5 Å². The monoisotopic (exact) mass is 537 g/mol. The van der Waals surface area contributed by atoms with E-state index in [0.717, 1.165) is 36.1 Å². The highest BCUT2D eigenvalue weighted by Crippen LogP contribution is 2.41. The largest absolute Gasteiger partial charge is 0.365 e. The van der Waals surface area contributed by atoms with Gasteiger partial charge in [0.2, 0.25) is 0 Å². The van der Waals surface area contributed by atoms with Gasteiger partial charge in [-0.3, -0.25) is 9.59 Å². The van der Waals surface area contributed by atoms with Crippen LogP contribution in [0.4, 0.5) is 5.00 Å². The molecule has 2 aromatic carbocycles. The Labute approximate surface area is 223 Å². The number of pyridine rings is 1. The summed E-state index contributed by atoms with van der Waals surface area (Å²) >= 11 is 14.1. The second-order valence-corrected chi connectivity index (χ2v) is 11.1. The zero-order valence-corrected chi connectivity index (χ0v) is 22.3. The number of anilines is 1. The van der Waals surface area contributed by atoms with Gasteiger partial charge in [-0.1, -0.05) is 54.7 Å². The summed E-state index contributed by atoms with van der Waals surface area (Å²) in [4.78, 5) is 32.3. The maximum atomic E-state index is 13.8. The molecule has 0 bridgehead atoms. The predicted molar refractivity (Wildman–Crippen MR) is 149 cm³/mol. The number of aromatic nitrogens is 1. The van der Waals surface area contributed by atoms with Crippen LogP contribution in [-0.4, -0.2) is 16.8 Å². The molecule has 4 aromatic rings. The Balaban J connectivity index is 1.63. The van der Waals surface area contributed by atoms with E-state index in [0.29, 0.717) is 59.8 Å². The minimum Gasteiger partial charge on any atom is -0.365 e. The van der Waals surface area contributed by atoms with Crippen LogP contribution in [0.25, 0.3) is 22.2 Å². The van der Waals surface area contributed by atoms with Crippen molar-refractivity contribution in [1.82, 2.24) is 4.98 Å². The number of primary amides is 1. The minimum atomic E-state index is -0.511. The third-order valence-corrected chi connectivity index (χ3v) is 8.68. The molecular formula is C28H25Cl2N3O2S. The number of nitrogens with zero attached hydrogens (tertiary/aromatic N) is 1. The van der Waals surface area contributed by atoms with Crippen LogP contribution < -0.4 is 11.1 Å². The molecule has 0 aliphatic heterocycles. The van der Waals surface area contributed by atoms with Crippen molar-refractivity contribution in [2.75, 3.05) is 5.32 Å². The molecule has 0 radical (unpaired) electrons. The second kappa shape index (κ2) is 9.85. The Morgan fingerprint density at radius 3 is 2.67 bits per heavy atom. The highest BCUT2D eigenvalue weighted by atomic mass is 35.5. The molecule has 0 saturated carbocycles. The van der Waals surface area contributed by atoms with Gasteiger partial charge in [-0.05, 0) is 67.5 Å². The van der Waals surface area contributed by atoms with Crippen LogP contribution in [0.2, 0.25) is 10.0 Å². The van der Waals surface area contributed by atoms with Gasteiger partial charge in [-0.15, -0.1) is 11.3 Å². The molecule has 2 aromatic heterocycles. The van der Waals surface area contributed by atoms with Crippen LogP contribution in [0.1, 0.15) is 56.5 Å². The number of carbonyl (C=O) groups excluding carboxylic acids is 2. The number of fused-ring (bicyclic) bond motifs is 2. The maximum absolute atomic E-state index is 13.8. The number of nitrogens with one attached hydrogen (secondary N) is 1. The van der Waals surface area contributed by atoms with Gasteiger partial charge >= 0.3 is 0 Å². The average molecular weight is 539 g/mol. The quantitative estimate of drug-likeness (QED) is 0.277. The number of carbonyl (C=O) groups is 2. The van der Waals surface area contributed by atoms with Crippen LogP contribution in [0.5, 0.6) is 0 Å². The van der Waals surface area contributed by atoms with Crippen molar-refractivity contribution >= 4 is 62.3 Å². The third-order valence-electron chi connectivity index (χ3n) is 6.97. The second-order valence-electron chi connectivity index (χ2n) is 9.15. The van der Waals surface area contributed by atoms with Gasteiger partial charge in [-0.2, -0.15) is 0 Å². The van der Waals surface area contributed by atoms with Crippen LogP contribution >= 0.6 is 34.5 Å². The molecule has 3 N–H and O–H groups in total. The lowest BCUT2D eigenvalue weighted by Gasteiger charge is -2.20. The standard InChI is InChI=1S/C28H25Cl2N3O2S/c1-3-15-8-10-19-22(12-15)36-28(24(19)26(31)34)33-27(35)23-14(2)25(17-11-9-16(29)13-20(17)30)32-21-7-5-4-6-18(21)23/h4-7,9,11,13,15H,3,8,10,12H2,1-2H3,(H2,31,34)(H,33,35). The molecule has 2 amide bonds. The van der Waals surface area contributed by atoms with Crippen LogP contribution in [-0.2, 0) is 12.8 Å². The summed E-state index contributed by atoms with van der Waals surface area (Å²) in [5, 5.41) is 5.23. The summed E-state index contributed by atoms with van der Waals surface area (Å²) < 4.78 is 0. The summed E-state index contributed by atoms with van der Waals surface area (Å²) in [6.07, 6.45) is 3.81. The number of thiophene rings is 1. The van der Waals surface area contributed by atoms with Crippen LogP contribution in [0.3, 0.4) is 0 Å². The number of halogens is 2. The van der Waals surface area contributed by atoms with Crippen molar-refractivity contribution in [3.63, 3.8) is 0 Å². The lowest BCUT2D eigenvalue weighted by atomic mass is 9.85. The number of hydrogen-bond donors (Lipinski definition) is 2. The Hall–Kier alpha value is -2.93. The zero-order valence-electron chi connectivity index (χ0n) is 20.0. The molecule has 1 atom stereocenters. The molecule has 8 heteroatoms. The Bertz CT molecular complexity index is 1530. The Morgan fingerprint density at radius 1 is 1.17 bits per heavy atom. The number of hydrogen-bond acceptors (Lipinski definition) is 4. The van der Waals surface area contributed by atoms with Gasteiger partial charge in [0.25, 0.3) is 11.8 Å². The highest BCUT2D eigenvalue weighted by Gasteiger charge is 2.29. The maximum Gasteiger partial charge on any atom is 0.257 e. The topological polar surface area (TPSA) is 85.1 Å². The van der Waals surface area contributed by atoms with E-state index in [1.165, 1.54) is 11.3 Å². The molecule has 1 unspecified atom stereocenters.